The molecule has 2 amide bonds. The van der Waals surface area contributed by atoms with Crippen LogP contribution in [0, 0.1) is 0 Å². The predicted octanol–water partition coefficient (Wildman–Crippen LogP) is 2.38. The summed E-state index contributed by atoms with van der Waals surface area (Å²) in [6, 6.07) is 3.14. The van der Waals surface area contributed by atoms with Crippen molar-refractivity contribution in [2.45, 2.75) is 13.0 Å². The maximum Gasteiger partial charge on any atom is 0.319 e. The second-order valence-electron chi connectivity index (χ2n) is 4.43. The lowest BCUT2D eigenvalue weighted by atomic mass is 10.2. The number of ether oxygens (including phenoxy) is 3. The van der Waals surface area contributed by atoms with Gasteiger partial charge in [-0.2, -0.15) is 0 Å². The van der Waals surface area contributed by atoms with Crippen LogP contribution in [-0.2, 0) is 4.74 Å². The third-order valence-electron chi connectivity index (χ3n) is 2.67. The average molecular weight is 345 g/mol. The van der Waals surface area contributed by atoms with Gasteiger partial charge < -0.3 is 24.8 Å². The lowest BCUT2D eigenvalue weighted by Crippen LogP contribution is -2.38. The fourth-order valence-electron chi connectivity index (χ4n) is 1.83. The summed E-state index contributed by atoms with van der Waals surface area (Å²) in [4.78, 5) is 11.8. The van der Waals surface area contributed by atoms with Gasteiger partial charge in [-0.1, -0.05) is 0 Å². The van der Waals surface area contributed by atoms with Gasteiger partial charge >= 0.3 is 6.03 Å². The minimum absolute atomic E-state index is 0.0732. The van der Waals surface area contributed by atoms with E-state index < -0.39 is 0 Å². The van der Waals surface area contributed by atoms with E-state index >= 15 is 0 Å². The van der Waals surface area contributed by atoms with E-state index in [-0.39, 0.29) is 12.1 Å². The summed E-state index contributed by atoms with van der Waals surface area (Å²) in [6.07, 6.45) is 0. The summed E-state index contributed by atoms with van der Waals surface area (Å²) in [5.74, 6) is 1.29. The van der Waals surface area contributed by atoms with E-state index in [1.54, 1.807) is 19.2 Å². The zero-order chi connectivity index (χ0) is 14.5. The number of rotatable bonds is 4. The third kappa shape index (κ3) is 3.77. The monoisotopic (exact) mass is 344 g/mol. The van der Waals surface area contributed by atoms with E-state index in [0.717, 1.165) is 4.47 Å². The van der Waals surface area contributed by atoms with Gasteiger partial charge in [0.25, 0.3) is 0 Å². The Bertz CT molecular complexity index is 496. The van der Waals surface area contributed by atoms with Crippen molar-refractivity contribution in [3.63, 3.8) is 0 Å². The van der Waals surface area contributed by atoms with Crippen molar-refractivity contribution in [2.24, 2.45) is 0 Å². The minimum atomic E-state index is -0.299. The minimum Gasteiger partial charge on any atom is -0.486 e. The number of urea groups is 1. The lowest BCUT2D eigenvalue weighted by Gasteiger charge is -2.20. The van der Waals surface area contributed by atoms with Gasteiger partial charge in [-0.15, -0.1) is 0 Å². The van der Waals surface area contributed by atoms with Crippen molar-refractivity contribution in [1.82, 2.24) is 5.32 Å². The molecule has 1 aliphatic rings. The van der Waals surface area contributed by atoms with Gasteiger partial charge in [0.2, 0.25) is 0 Å². The van der Waals surface area contributed by atoms with E-state index in [1.807, 2.05) is 6.92 Å². The summed E-state index contributed by atoms with van der Waals surface area (Å²) in [5.41, 5.74) is 0.622. The second-order valence-corrected chi connectivity index (χ2v) is 5.28. The summed E-state index contributed by atoms with van der Waals surface area (Å²) in [6.45, 7) is 3.35. The number of fused-ring (bicyclic) bond motifs is 1. The van der Waals surface area contributed by atoms with Crippen molar-refractivity contribution in [2.75, 3.05) is 32.2 Å². The number of halogens is 1. The molecule has 0 saturated carbocycles. The number of methoxy groups -OCH3 is 1. The summed E-state index contributed by atoms with van der Waals surface area (Å²) < 4.78 is 16.6. The Kier molecular flexibility index (Phi) is 5.08. The van der Waals surface area contributed by atoms with Crippen LogP contribution in [0.5, 0.6) is 11.5 Å². The van der Waals surface area contributed by atoms with Crippen LogP contribution >= 0.6 is 15.9 Å². The molecule has 1 atom stereocenters. The average Bonchev–Trinajstić information content (AvgIpc) is 2.39. The van der Waals surface area contributed by atoms with Crippen LogP contribution in [0.2, 0.25) is 0 Å². The van der Waals surface area contributed by atoms with Crippen molar-refractivity contribution < 1.29 is 19.0 Å². The van der Waals surface area contributed by atoms with E-state index in [0.29, 0.717) is 37.0 Å². The van der Waals surface area contributed by atoms with Gasteiger partial charge in [0.1, 0.15) is 13.2 Å². The highest BCUT2D eigenvalue weighted by atomic mass is 79.9. The molecule has 2 N–H and O–H groups in total. The number of carbonyl (C=O) groups is 1. The fraction of sp³-hybridized carbons (Fsp3) is 0.462. The molecule has 1 heterocycles. The predicted molar refractivity (Wildman–Crippen MR) is 78.6 cm³/mol. The Morgan fingerprint density at radius 1 is 1.40 bits per heavy atom. The largest absolute Gasteiger partial charge is 0.486 e. The summed E-state index contributed by atoms with van der Waals surface area (Å²) in [5, 5.41) is 5.53. The molecular weight excluding hydrogens is 328 g/mol. The van der Waals surface area contributed by atoms with E-state index in [9.17, 15) is 4.79 Å². The maximum absolute atomic E-state index is 11.8. The van der Waals surface area contributed by atoms with Gasteiger partial charge in [0, 0.05) is 23.7 Å². The topological polar surface area (TPSA) is 68.8 Å². The first-order valence-electron chi connectivity index (χ1n) is 6.25. The number of hydrogen-bond donors (Lipinski definition) is 2. The molecule has 0 aliphatic carbocycles. The molecule has 0 bridgehead atoms. The van der Waals surface area contributed by atoms with Crippen molar-refractivity contribution in [1.29, 1.82) is 0 Å². The molecule has 20 heavy (non-hydrogen) atoms. The molecule has 110 valence electrons. The van der Waals surface area contributed by atoms with E-state index in [1.165, 1.54) is 0 Å². The van der Waals surface area contributed by atoms with Crippen LogP contribution in [0.1, 0.15) is 6.92 Å². The Hall–Kier alpha value is -1.47. The van der Waals surface area contributed by atoms with Crippen LogP contribution in [0.15, 0.2) is 16.6 Å². The van der Waals surface area contributed by atoms with Gasteiger partial charge in [-0.05, 0) is 22.9 Å². The fourth-order valence-corrected chi connectivity index (χ4v) is 2.26. The smallest absolute Gasteiger partial charge is 0.319 e. The summed E-state index contributed by atoms with van der Waals surface area (Å²) in [7, 11) is 1.59. The molecule has 1 aromatic carbocycles. The highest BCUT2D eigenvalue weighted by Gasteiger charge is 2.16. The molecule has 0 fully saturated rings. The zero-order valence-electron chi connectivity index (χ0n) is 11.4. The molecule has 7 heteroatoms. The van der Waals surface area contributed by atoms with Crippen molar-refractivity contribution in [3.05, 3.63) is 16.6 Å². The highest BCUT2D eigenvalue weighted by Crippen LogP contribution is 2.38. The number of amides is 2. The SMILES string of the molecule is COCC(C)NC(=O)Nc1cc2c(cc1Br)OCCO2. The number of nitrogens with one attached hydrogen (secondary N) is 2. The molecule has 0 spiro atoms. The number of anilines is 1. The van der Waals surface area contributed by atoms with Gasteiger partial charge in [0.05, 0.1) is 18.3 Å². The molecule has 0 radical (unpaired) electrons. The van der Waals surface area contributed by atoms with Gasteiger partial charge in [-0.25, -0.2) is 4.79 Å². The first kappa shape index (κ1) is 14.9. The lowest BCUT2D eigenvalue weighted by molar-refractivity contribution is 0.171. The number of benzene rings is 1. The second kappa shape index (κ2) is 6.81. The molecule has 1 unspecified atom stereocenters. The molecule has 1 aliphatic heterocycles. The Balaban J connectivity index is 2.03. The molecule has 2 rings (SSSR count). The Morgan fingerprint density at radius 3 is 2.70 bits per heavy atom. The summed E-state index contributed by atoms with van der Waals surface area (Å²) >= 11 is 3.40. The maximum atomic E-state index is 11.8. The number of carbonyl (C=O) groups excluding carboxylic acids is 1. The number of hydrogen-bond acceptors (Lipinski definition) is 4. The molecule has 1 aromatic rings. The van der Waals surface area contributed by atoms with E-state index in [2.05, 4.69) is 26.6 Å². The Morgan fingerprint density at radius 2 is 2.05 bits per heavy atom. The molecule has 6 nitrogen and oxygen atoms in total. The quantitative estimate of drug-likeness (QED) is 0.879. The third-order valence-corrected chi connectivity index (χ3v) is 3.33. The van der Waals surface area contributed by atoms with Crippen LogP contribution in [-0.4, -0.2) is 39.0 Å². The standard InChI is InChI=1S/C13H17BrN2O4/c1-8(7-18-2)15-13(17)16-10-6-12-11(5-9(10)14)19-3-4-20-12/h5-6,8H,3-4,7H2,1-2H3,(H2,15,16,17). The van der Waals surface area contributed by atoms with E-state index in [4.69, 9.17) is 14.2 Å². The van der Waals surface area contributed by atoms with Crippen molar-refractivity contribution >= 4 is 27.6 Å². The first-order chi connectivity index (χ1) is 9.60. The van der Waals surface area contributed by atoms with Gasteiger partial charge in [-0.3, -0.25) is 0 Å². The Labute approximate surface area is 125 Å². The van der Waals surface area contributed by atoms with Crippen LogP contribution in [0.4, 0.5) is 10.5 Å². The molecular formula is C13H17BrN2O4. The van der Waals surface area contributed by atoms with Crippen LogP contribution in [0.3, 0.4) is 0 Å². The first-order valence-corrected chi connectivity index (χ1v) is 7.05. The zero-order valence-corrected chi connectivity index (χ0v) is 13.0. The van der Waals surface area contributed by atoms with Crippen LogP contribution < -0.4 is 20.1 Å². The normalized spacial score (nSPS) is 14.6. The highest BCUT2D eigenvalue weighted by molar-refractivity contribution is 9.10. The van der Waals surface area contributed by atoms with Crippen molar-refractivity contribution in [3.8, 4) is 11.5 Å². The van der Waals surface area contributed by atoms with Crippen LogP contribution in [0.25, 0.3) is 0 Å². The molecule has 0 saturated heterocycles. The molecule has 0 aromatic heterocycles. The van der Waals surface area contributed by atoms with Gasteiger partial charge in [0.15, 0.2) is 11.5 Å².